The molecule has 1 rings (SSSR count). The van der Waals surface area contributed by atoms with Gasteiger partial charge in [-0.3, -0.25) is 0 Å². The fourth-order valence-corrected chi connectivity index (χ4v) is 2.31. The molecule has 0 amide bonds. The van der Waals surface area contributed by atoms with Gasteiger partial charge in [0.05, 0.1) is 0 Å². The maximum Gasteiger partial charge on any atom is 0.194 e. The smallest absolute Gasteiger partial charge is 0.194 e. The third-order valence-electron chi connectivity index (χ3n) is 3.36. The van der Waals surface area contributed by atoms with Crippen molar-refractivity contribution >= 4 is 36.6 Å². The van der Waals surface area contributed by atoms with Crippen LogP contribution in [-0.4, -0.2) is 15.0 Å². The maximum atomic E-state index is 6.05. The first-order valence-corrected chi connectivity index (χ1v) is 9.84. The normalized spacial score (nSPS) is 12.6. The van der Waals surface area contributed by atoms with E-state index in [9.17, 15) is 0 Å². The molecule has 1 aromatic rings. The second-order valence-electron chi connectivity index (χ2n) is 5.73. The highest BCUT2D eigenvalue weighted by Crippen LogP contribution is 2.36. The van der Waals surface area contributed by atoms with Crippen LogP contribution in [0.25, 0.3) is 0 Å². The first kappa shape index (κ1) is 15.0. The van der Waals surface area contributed by atoms with Crippen molar-refractivity contribution in [2.45, 2.75) is 38.9 Å². The molecule has 0 aromatic heterocycles. The van der Waals surface area contributed by atoms with Crippen LogP contribution in [0, 0.1) is 3.57 Å². The van der Waals surface area contributed by atoms with E-state index in [1.54, 1.807) is 0 Å². The quantitative estimate of drug-likeness (QED) is 0.476. The van der Waals surface area contributed by atoms with E-state index in [0.29, 0.717) is 6.73 Å². The Hall–Kier alpha value is -0.0731. The molecule has 0 aliphatic heterocycles. The number of hydrogen-bond acceptors (Lipinski definition) is 2. The molecule has 0 radical (unpaired) electrons. The van der Waals surface area contributed by atoms with E-state index in [4.69, 9.17) is 4.43 Å². The van der Waals surface area contributed by atoms with E-state index >= 15 is 0 Å². The highest BCUT2D eigenvalue weighted by molar-refractivity contribution is 14.1. The van der Waals surface area contributed by atoms with Gasteiger partial charge in [-0.25, -0.2) is 0 Å². The van der Waals surface area contributed by atoms with Gasteiger partial charge >= 0.3 is 0 Å². The van der Waals surface area contributed by atoms with Crippen LogP contribution in [-0.2, 0) is 4.43 Å². The highest BCUT2D eigenvalue weighted by atomic mass is 127. The highest BCUT2D eigenvalue weighted by Gasteiger charge is 2.36. The molecule has 17 heavy (non-hydrogen) atoms. The summed E-state index contributed by atoms with van der Waals surface area (Å²) in [6, 6.07) is 8.35. The summed E-state index contributed by atoms with van der Waals surface area (Å²) in [5.41, 5.74) is 1.11. The van der Waals surface area contributed by atoms with Crippen LogP contribution in [0.2, 0.25) is 18.1 Å². The van der Waals surface area contributed by atoms with Crippen LogP contribution in [0.3, 0.4) is 0 Å². The van der Waals surface area contributed by atoms with Gasteiger partial charge in [0.25, 0.3) is 0 Å². The van der Waals surface area contributed by atoms with Crippen LogP contribution in [0.4, 0.5) is 5.69 Å². The Balaban J connectivity index is 2.45. The van der Waals surface area contributed by atoms with E-state index in [2.05, 4.69) is 86.0 Å². The molecule has 0 saturated carbocycles. The van der Waals surface area contributed by atoms with E-state index in [0.717, 1.165) is 5.69 Å². The Kier molecular flexibility index (Phi) is 5.03. The molecule has 0 aliphatic rings. The van der Waals surface area contributed by atoms with Crippen molar-refractivity contribution in [3.05, 3.63) is 27.8 Å². The lowest BCUT2D eigenvalue weighted by Gasteiger charge is -2.36. The first-order valence-electron chi connectivity index (χ1n) is 5.86. The summed E-state index contributed by atoms with van der Waals surface area (Å²) >= 11 is 2.31. The Morgan fingerprint density at radius 3 is 2.18 bits per heavy atom. The minimum absolute atomic E-state index is 0.265. The van der Waals surface area contributed by atoms with Crippen molar-refractivity contribution in [1.29, 1.82) is 0 Å². The van der Waals surface area contributed by atoms with Gasteiger partial charge in [0.1, 0.15) is 6.73 Å². The summed E-state index contributed by atoms with van der Waals surface area (Å²) in [5.74, 6) is 0. The molecular weight excluding hydrogens is 341 g/mol. The first-order chi connectivity index (χ1) is 7.72. The maximum absolute atomic E-state index is 6.05. The molecule has 0 aliphatic carbocycles. The molecule has 0 atom stereocenters. The van der Waals surface area contributed by atoms with Gasteiger partial charge in [0.15, 0.2) is 8.32 Å². The minimum atomic E-state index is -1.63. The van der Waals surface area contributed by atoms with Crippen molar-refractivity contribution < 1.29 is 4.43 Å². The summed E-state index contributed by atoms with van der Waals surface area (Å²) in [6.45, 7) is 11.9. The Bertz CT molecular complexity index is 357. The molecule has 1 N–H and O–H groups in total. The number of hydrogen-bond donors (Lipinski definition) is 1. The molecule has 0 spiro atoms. The number of nitrogens with one attached hydrogen (secondary N) is 1. The molecule has 2 nitrogen and oxygen atoms in total. The molecule has 4 heteroatoms. The van der Waals surface area contributed by atoms with Crippen LogP contribution >= 0.6 is 22.6 Å². The summed E-state index contributed by atoms with van der Waals surface area (Å²) in [7, 11) is -1.63. The molecule has 0 saturated heterocycles. The molecule has 0 heterocycles. The predicted molar refractivity (Wildman–Crippen MR) is 85.9 cm³/mol. The summed E-state index contributed by atoms with van der Waals surface area (Å²) in [4.78, 5) is 0. The zero-order valence-corrected chi connectivity index (χ0v) is 14.5. The van der Waals surface area contributed by atoms with Crippen molar-refractivity contribution in [2.24, 2.45) is 0 Å². The minimum Gasteiger partial charge on any atom is -0.400 e. The van der Waals surface area contributed by atoms with Crippen LogP contribution in [0.15, 0.2) is 24.3 Å². The summed E-state index contributed by atoms with van der Waals surface area (Å²) < 4.78 is 7.30. The zero-order valence-electron chi connectivity index (χ0n) is 11.3. The lowest BCUT2D eigenvalue weighted by atomic mass is 10.2. The van der Waals surface area contributed by atoms with Crippen molar-refractivity contribution in [2.75, 3.05) is 12.0 Å². The Morgan fingerprint density at radius 2 is 1.71 bits per heavy atom. The van der Waals surface area contributed by atoms with Gasteiger partial charge in [0, 0.05) is 9.26 Å². The van der Waals surface area contributed by atoms with Crippen LogP contribution < -0.4 is 5.32 Å². The molecule has 96 valence electrons. The Morgan fingerprint density at radius 1 is 1.18 bits per heavy atom. The summed E-state index contributed by atoms with van der Waals surface area (Å²) in [5, 5.41) is 3.57. The van der Waals surface area contributed by atoms with E-state index < -0.39 is 8.32 Å². The van der Waals surface area contributed by atoms with Crippen molar-refractivity contribution in [3.8, 4) is 0 Å². The lowest BCUT2D eigenvalue weighted by Crippen LogP contribution is -2.42. The second kappa shape index (κ2) is 5.71. The molecular formula is C13H22INOSi. The molecule has 0 bridgehead atoms. The fourth-order valence-electron chi connectivity index (χ4n) is 1.08. The van der Waals surface area contributed by atoms with E-state index in [1.807, 2.05) is 0 Å². The second-order valence-corrected chi connectivity index (χ2v) is 11.8. The zero-order chi connectivity index (χ0) is 13.1. The number of rotatable bonds is 4. The average molecular weight is 363 g/mol. The number of halogens is 1. The van der Waals surface area contributed by atoms with Gasteiger partial charge in [-0.15, -0.1) is 0 Å². The van der Waals surface area contributed by atoms with Gasteiger partial charge in [-0.1, -0.05) is 20.8 Å². The van der Waals surface area contributed by atoms with Gasteiger partial charge < -0.3 is 9.74 Å². The molecule has 1 aromatic carbocycles. The SMILES string of the molecule is CC(C)(C)[Si](C)(C)OCNc1ccc(I)cc1. The third kappa shape index (κ3) is 4.60. The standard InChI is InChI=1S/C13H22INOSi/c1-13(2,3)17(4,5)16-10-15-12-8-6-11(14)7-9-12/h6-9,15H,10H2,1-5H3. The third-order valence-corrected chi connectivity index (χ3v) is 8.56. The average Bonchev–Trinajstić information content (AvgIpc) is 2.19. The van der Waals surface area contributed by atoms with Crippen LogP contribution in [0.1, 0.15) is 20.8 Å². The number of anilines is 1. The lowest BCUT2D eigenvalue weighted by molar-refractivity contribution is 0.314. The Labute approximate surface area is 119 Å². The fraction of sp³-hybridized carbons (Fsp3) is 0.538. The largest absolute Gasteiger partial charge is 0.400 e. The van der Waals surface area contributed by atoms with Crippen molar-refractivity contribution in [1.82, 2.24) is 0 Å². The van der Waals surface area contributed by atoms with E-state index in [1.165, 1.54) is 3.57 Å². The summed E-state index contributed by atoms with van der Waals surface area (Å²) in [6.07, 6.45) is 0. The van der Waals surface area contributed by atoms with Crippen molar-refractivity contribution in [3.63, 3.8) is 0 Å². The van der Waals surface area contributed by atoms with Gasteiger partial charge in [-0.2, -0.15) is 0 Å². The molecule has 0 fully saturated rings. The predicted octanol–water partition coefficient (Wildman–Crippen LogP) is 4.68. The van der Waals surface area contributed by atoms with Crippen LogP contribution in [0.5, 0.6) is 0 Å². The van der Waals surface area contributed by atoms with E-state index in [-0.39, 0.29) is 5.04 Å². The topological polar surface area (TPSA) is 21.3 Å². The monoisotopic (exact) mass is 363 g/mol. The van der Waals surface area contributed by atoms with Gasteiger partial charge in [0.2, 0.25) is 0 Å². The number of benzene rings is 1. The van der Waals surface area contributed by atoms with Gasteiger partial charge in [-0.05, 0) is 65.0 Å². The molecule has 0 unspecified atom stereocenters.